The Hall–Kier alpha value is -1.20. The van der Waals surface area contributed by atoms with Crippen molar-refractivity contribution in [2.24, 2.45) is 11.7 Å². The zero-order valence-electron chi connectivity index (χ0n) is 13.6. The molecule has 1 aromatic rings. The second-order valence-corrected chi connectivity index (χ2v) is 6.58. The molecule has 2 N–H and O–H groups in total. The van der Waals surface area contributed by atoms with Gasteiger partial charge < -0.3 is 19.8 Å². The minimum Gasteiger partial charge on any atom is -0.369 e. The Balaban J connectivity index is 1.76. The van der Waals surface area contributed by atoms with E-state index in [0.717, 1.165) is 24.4 Å². The first-order chi connectivity index (χ1) is 10.7. The number of carbonyl (C=O) groups excluding carboxylic acids is 1. The van der Waals surface area contributed by atoms with E-state index in [1.54, 1.807) is 0 Å². The highest BCUT2D eigenvalue weighted by atomic mass is 16.5. The molecule has 1 aliphatic carbocycles. The lowest BCUT2D eigenvalue weighted by molar-refractivity contribution is -0.118. The van der Waals surface area contributed by atoms with E-state index in [1.165, 1.54) is 38.5 Å². The zero-order valence-corrected chi connectivity index (χ0v) is 13.6. The third kappa shape index (κ3) is 5.89. The van der Waals surface area contributed by atoms with Gasteiger partial charge in [0.05, 0.1) is 18.6 Å². The number of nitrogens with zero attached hydrogens (tertiary/aromatic N) is 2. The van der Waals surface area contributed by atoms with Crippen LogP contribution in [0.5, 0.6) is 0 Å². The number of aromatic nitrogens is 2. The van der Waals surface area contributed by atoms with Gasteiger partial charge in [0.2, 0.25) is 0 Å². The normalized spacial score (nSPS) is 19.0. The zero-order chi connectivity index (χ0) is 15.8. The molecular formula is C17H29N3O2. The van der Waals surface area contributed by atoms with Gasteiger partial charge in [-0.1, -0.05) is 32.1 Å². The van der Waals surface area contributed by atoms with Crippen LogP contribution in [0.3, 0.4) is 0 Å². The SMILES string of the molecule is CC(N)COC(C=O)Cc1cn(CCC2CCCCC2)cn1. The molecule has 1 saturated carbocycles. The van der Waals surface area contributed by atoms with Gasteiger partial charge in [-0.2, -0.15) is 0 Å². The number of aldehydes is 1. The molecule has 0 amide bonds. The van der Waals surface area contributed by atoms with E-state index < -0.39 is 6.10 Å². The molecule has 1 aliphatic rings. The summed E-state index contributed by atoms with van der Waals surface area (Å²) in [7, 11) is 0. The summed E-state index contributed by atoms with van der Waals surface area (Å²) in [6.07, 6.45) is 13.0. The summed E-state index contributed by atoms with van der Waals surface area (Å²) in [6, 6.07) is -0.0597. The Bertz CT molecular complexity index is 439. The van der Waals surface area contributed by atoms with Crippen molar-refractivity contribution >= 4 is 6.29 Å². The van der Waals surface area contributed by atoms with Crippen LogP contribution in [-0.2, 0) is 22.5 Å². The highest BCUT2D eigenvalue weighted by Gasteiger charge is 2.14. The molecule has 124 valence electrons. The molecule has 0 spiro atoms. The van der Waals surface area contributed by atoms with Crippen molar-refractivity contribution in [3.63, 3.8) is 0 Å². The van der Waals surface area contributed by atoms with Crippen LogP contribution < -0.4 is 5.73 Å². The highest BCUT2D eigenvalue weighted by molar-refractivity contribution is 5.56. The second kappa shape index (κ2) is 9.06. The molecule has 0 radical (unpaired) electrons. The van der Waals surface area contributed by atoms with Crippen LogP contribution >= 0.6 is 0 Å². The van der Waals surface area contributed by atoms with Crippen molar-refractivity contribution in [3.05, 3.63) is 18.2 Å². The monoisotopic (exact) mass is 307 g/mol. The van der Waals surface area contributed by atoms with Gasteiger partial charge in [0, 0.05) is 25.2 Å². The average molecular weight is 307 g/mol. The van der Waals surface area contributed by atoms with E-state index in [2.05, 4.69) is 9.55 Å². The van der Waals surface area contributed by atoms with E-state index >= 15 is 0 Å². The lowest BCUT2D eigenvalue weighted by Gasteiger charge is -2.21. The van der Waals surface area contributed by atoms with Crippen LogP contribution in [-0.4, -0.2) is 34.6 Å². The van der Waals surface area contributed by atoms with E-state index in [1.807, 2.05) is 19.4 Å². The maximum absolute atomic E-state index is 11.1. The largest absolute Gasteiger partial charge is 0.369 e. The molecular weight excluding hydrogens is 278 g/mol. The standard InChI is InChI=1S/C17H29N3O2/c1-14(18)12-22-17(11-21)9-16-10-20(13-19-16)8-7-15-5-3-2-4-6-15/h10-11,13-15,17H,2-9,12,18H2,1H3. The van der Waals surface area contributed by atoms with Gasteiger partial charge in [0.25, 0.3) is 0 Å². The maximum atomic E-state index is 11.1. The van der Waals surface area contributed by atoms with Crippen molar-refractivity contribution in [2.75, 3.05) is 6.61 Å². The fraction of sp³-hybridized carbons (Fsp3) is 0.765. The summed E-state index contributed by atoms with van der Waals surface area (Å²) >= 11 is 0. The Kier molecular flexibility index (Phi) is 7.06. The molecule has 0 aromatic carbocycles. The van der Waals surface area contributed by atoms with Crippen LogP contribution in [0.15, 0.2) is 12.5 Å². The van der Waals surface area contributed by atoms with Gasteiger partial charge in [-0.25, -0.2) is 4.98 Å². The number of rotatable bonds is 9. The van der Waals surface area contributed by atoms with Gasteiger partial charge in [-0.3, -0.25) is 0 Å². The fourth-order valence-corrected chi connectivity index (χ4v) is 3.07. The third-order valence-corrected chi connectivity index (χ3v) is 4.34. The molecule has 0 saturated heterocycles. The average Bonchev–Trinajstić information content (AvgIpc) is 2.98. The Morgan fingerprint density at radius 3 is 2.91 bits per heavy atom. The molecule has 1 aromatic heterocycles. The van der Waals surface area contributed by atoms with Gasteiger partial charge in [-0.15, -0.1) is 0 Å². The van der Waals surface area contributed by atoms with Crippen molar-refractivity contribution in [1.82, 2.24) is 9.55 Å². The molecule has 5 heteroatoms. The number of hydrogen-bond donors (Lipinski definition) is 1. The van der Waals surface area contributed by atoms with Crippen LogP contribution in [0.1, 0.15) is 51.1 Å². The summed E-state index contributed by atoms with van der Waals surface area (Å²) in [5.74, 6) is 0.872. The first-order valence-corrected chi connectivity index (χ1v) is 8.50. The number of imidazole rings is 1. The topological polar surface area (TPSA) is 70.1 Å². The molecule has 0 bridgehead atoms. The molecule has 2 rings (SSSR count). The van der Waals surface area contributed by atoms with Gasteiger partial charge in [0.1, 0.15) is 12.4 Å². The van der Waals surface area contributed by atoms with Gasteiger partial charge in [-0.05, 0) is 19.3 Å². The summed E-state index contributed by atoms with van der Waals surface area (Å²) in [4.78, 5) is 15.4. The first-order valence-electron chi connectivity index (χ1n) is 8.50. The predicted molar refractivity (Wildman–Crippen MR) is 86.6 cm³/mol. The van der Waals surface area contributed by atoms with E-state index in [0.29, 0.717) is 13.0 Å². The van der Waals surface area contributed by atoms with Crippen molar-refractivity contribution in [1.29, 1.82) is 0 Å². The second-order valence-electron chi connectivity index (χ2n) is 6.58. The number of carbonyl (C=O) groups is 1. The molecule has 2 atom stereocenters. The van der Waals surface area contributed by atoms with E-state index in [9.17, 15) is 4.79 Å². The van der Waals surface area contributed by atoms with E-state index in [4.69, 9.17) is 10.5 Å². The minimum atomic E-state index is -0.451. The van der Waals surface area contributed by atoms with Crippen LogP contribution in [0.25, 0.3) is 0 Å². The fourth-order valence-electron chi connectivity index (χ4n) is 3.07. The third-order valence-electron chi connectivity index (χ3n) is 4.34. The Morgan fingerprint density at radius 2 is 2.23 bits per heavy atom. The van der Waals surface area contributed by atoms with Gasteiger partial charge >= 0.3 is 0 Å². The van der Waals surface area contributed by atoms with Crippen LogP contribution in [0.2, 0.25) is 0 Å². The Morgan fingerprint density at radius 1 is 1.45 bits per heavy atom. The van der Waals surface area contributed by atoms with E-state index in [-0.39, 0.29) is 6.04 Å². The van der Waals surface area contributed by atoms with Gasteiger partial charge in [0.15, 0.2) is 0 Å². The molecule has 2 unspecified atom stereocenters. The lowest BCUT2D eigenvalue weighted by Crippen LogP contribution is -2.28. The molecule has 1 heterocycles. The van der Waals surface area contributed by atoms with Crippen LogP contribution in [0.4, 0.5) is 0 Å². The van der Waals surface area contributed by atoms with Crippen LogP contribution in [0, 0.1) is 5.92 Å². The summed E-state index contributed by atoms with van der Waals surface area (Å²) in [5.41, 5.74) is 6.55. The molecule has 0 aliphatic heterocycles. The molecule has 5 nitrogen and oxygen atoms in total. The lowest BCUT2D eigenvalue weighted by atomic mass is 9.87. The highest BCUT2D eigenvalue weighted by Crippen LogP contribution is 2.26. The van der Waals surface area contributed by atoms with Crippen molar-refractivity contribution < 1.29 is 9.53 Å². The number of aryl methyl sites for hydroxylation is 1. The number of nitrogens with two attached hydrogens (primary N) is 1. The maximum Gasteiger partial charge on any atom is 0.149 e. The van der Waals surface area contributed by atoms with Crippen molar-refractivity contribution in [3.8, 4) is 0 Å². The quantitative estimate of drug-likeness (QED) is 0.711. The predicted octanol–water partition coefficient (Wildman–Crippen LogP) is 2.33. The summed E-state index contributed by atoms with van der Waals surface area (Å²) in [6.45, 7) is 3.28. The molecule has 1 fully saturated rings. The van der Waals surface area contributed by atoms with Crippen molar-refractivity contribution in [2.45, 2.75) is 70.6 Å². The first kappa shape index (κ1) is 17.2. The smallest absolute Gasteiger partial charge is 0.149 e. The Labute approximate surface area is 133 Å². The summed E-state index contributed by atoms with van der Waals surface area (Å²) in [5, 5.41) is 0. The minimum absolute atomic E-state index is 0.0597. The number of hydrogen-bond acceptors (Lipinski definition) is 4. The summed E-state index contributed by atoms with van der Waals surface area (Å²) < 4.78 is 7.61. The number of ether oxygens (including phenoxy) is 1. The molecule has 22 heavy (non-hydrogen) atoms.